The zero-order valence-corrected chi connectivity index (χ0v) is 12.0. The first-order valence-corrected chi connectivity index (χ1v) is 6.87. The number of hydrogen-bond donors (Lipinski definition) is 0. The first-order valence-electron chi connectivity index (χ1n) is 6.87. The van der Waals surface area contributed by atoms with Gasteiger partial charge in [-0.1, -0.05) is 75.7 Å². The Morgan fingerprint density at radius 1 is 0.833 bits per heavy atom. The van der Waals surface area contributed by atoms with E-state index in [1.807, 2.05) is 0 Å². The van der Waals surface area contributed by atoms with E-state index in [-0.39, 0.29) is 0 Å². The zero-order chi connectivity index (χ0) is 13.4. The van der Waals surface area contributed by atoms with Crippen LogP contribution in [0.2, 0.25) is 0 Å². The lowest BCUT2D eigenvalue weighted by Crippen LogP contribution is -1.86. The molecule has 0 saturated carbocycles. The van der Waals surface area contributed by atoms with Crippen LogP contribution in [0.3, 0.4) is 0 Å². The predicted octanol–water partition coefficient (Wildman–Crippen LogP) is 5.64. The van der Waals surface area contributed by atoms with Crippen LogP contribution in [0.1, 0.15) is 38.3 Å². The maximum atomic E-state index is 2.30. The second-order valence-electron chi connectivity index (χ2n) is 4.58. The van der Waals surface area contributed by atoms with Gasteiger partial charge in [-0.2, -0.15) is 0 Å². The van der Waals surface area contributed by atoms with E-state index in [2.05, 4.69) is 76.2 Å². The van der Waals surface area contributed by atoms with Crippen molar-refractivity contribution in [3.63, 3.8) is 0 Å². The highest BCUT2D eigenvalue weighted by atomic mass is 14.1. The van der Waals surface area contributed by atoms with Crippen molar-refractivity contribution in [2.45, 2.75) is 40.5 Å². The SMILES string of the molecule is CCC.CCc1ccc(C)c(-c2ccccc2)c1. The number of hydrogen-bond acceptors (Lipinski definition) is 0. The number of aryl methyl sites for hydroxylation is 2. The molecule has 2 aromatic rings. The van der Waals surface area contributed by atoms with Crippen molar-refractivity contribution in [3.8, 4) is 11.1 Å². The van der Waals surface area contributed by atoms with Gasteiger partial charge in [0, 0.05) is 0 Å². The predicted molar refractivity (Wildman–Crippen MR) is 82.0 cm³/mol. The van der Waals surface area contributed by atoms with Crippen LogP contribution in [-0.4, -0.2) is 0 Å². The summed E-state index contributed by atoms with van der Waals surface area (Å²) in [6, 6.07) is 17.3. The molecule has 0 N–H and O–H groups in total. The van der Waals surface area contributed by atoms with Crippen LogP contribution in [0.4, 0.5) is 0 Å². The molecule has 0 aliphatic heterocycles. The van der Waals surface area contributed by atoms with Gasteiger partial charge < -0.3 is 0 Å². The minimum Gasteiger partial charge on any atom is -0.0656 e. The summed E-state index contributed by atoms with van der Waals surface area (Å²) in [5, 5.41) is 0. The molecule has 0 heteroatoms. The van der Waals surface area contributed by atoms with Crippen molar-refractivity contribution in [1.82, 2.24) is 0 Å². The Labute approximate surface area is 112 Å². The van der Waals surface area contributed by atoms with Gasteiger partial charge in [-0.3, -0.25) is 0 Å². The van der Waals surface area contributed by atoms with E-state index in [1.54, 1.807) is 0 Å². The van der Waals surface area contributed by atoms with Gasteiger partial charge in [0.05, 0.1) is 0 Å². The molecule has 0 saturated heterocycles. The average molecular weight is 240 g/mol. The summed E-state index contributed by atoms with van der Waals surface area (Å²) in [6.07, 6.45) is 2.35. The second kappa shape index (κ2) is 7.71. The smallest absolute Gasteiger partial charge is 0.0152 e. The van der Waals surface area contributed by atoms with Crippen LogP contribution >= 0.6 is 0 Å². The van der Waals surface area contributed by atoms with E-state index in [4.69, 9.17) is 0 Å². The number of benzene rings is 2. The normalized spacial score (nSPS) is 9.56. The van der Waals surface area contributed by atoms with E-state index in [0.717, 1.165) is 6.42 Å². The fourth-order valence-electron chi connectivity index (χ4n) is 1.82. The lowest BCUT2D eigenvalue weighted by Gasteiger charge is -2.08. The van der Waals surface area contributed by atoms with Crippen LogP contribution in [-0.2, 0) is 6.42 Å². The van der Waals surface area contributed by atoms with Crippen molar-refractivity contribution >= 4 is 0 Å². The molecule has 0 aliphatic carbocycles. The fraction of sp³-hybridized carbons (Fsp3) is 0.333. The van der Waals surface area contributed by atoms with Gasteiger partial charge in [0.25, 0.3) is 0 Å². The Kier molecular flexibility index (Phi) is 6.21. The molecule has 0 amide bonds. The molecular weight excluding hydrogens is 216 g/mol. The second-order valence-corrected chi connectivity index (χ2v) is 4.58. The molecule has 0 heterocycles. The van der Waals surface area contributed by atoms with E-state index < -0.39 is 0 Å². The molecule has 0 unspecified atom stereocenters. The molecule has 0 spiro atoms. The Morgan fingerprint density at radius 3 is 2.00 bits per heavy atom. The quantitative estimate of drug-likeness (QED) is 0.637. The van der Waals surface area contributed by atoms with E-state index in [0.29, 0.717) is 0 Å². The van der Waals surface area contributed by atoms with Crippen LogP contribution in [0.25, 0.3) is 11.1 Å². The van der Waals surface area contributed by atoms with Crippen molar-refractivity contribution in [3.05, 3.63) is 59.7 Å². The highest BCUT2D eigenvalue weighted by Crippen LogP contribution is 2.24. The van der Waals surface area contributed by atoms with Gasteiger partial charge in [-0.15, -0.1) is 0 Å². The molecular formula is C18H24. The average Bonchev–Trinajstić information content (AvgIpc) is 2.41. The molecule has 18 heavy (non-hydrogen) atoms. The lowest BCUT2D eigenvalue weighted by atomic mass is 9.97. The van der Waals surface area contributed by atoms with Gasteiger partial charge >= 0.3 is 0 Å². The molecule has 0 nitrogen and oxygen atoms in total. The van der Waals surface area contributed by atoms with Gasteiger partial charge in [0.15, 0.2) is 0 Å². The maximum Gasteiger partial charge on any atom is -0.0152 e. The summed E-state index contributed by atoms with van der Waals surface area (Å²) in [5.74, 6) is 0. The summed E-state index contributed by atoms with van der Waals surface area (Å²) in [7, 11) is 0. The minimum atomic E-state index is 1.10. The molecule has 96 valence electrons. The van der Waals surface area contributed by atoms with E-state index in [1.165, 1.54) is 28.7 Å². The Morgan fingerprint density at radius 2 is 1.44 bits per heavy atom. The molecule has 0 radical (unpaired) electrons. The summed E-state index contributed by atoms with van der Waals surface area (Å²) in [6.45, 7) is 8.61. The molecule has 0 aliphatic rings. The van der Waals surface area contributed by atoms with Crippen molar-refractivity contribution in [1.29, 1.82) is 0 Å². The molecule has 2 aromatic carbocycles. The van der Waals surface area contributed by atoms with Gasteiger partial charge in [-0.05, 0) is 35.6 Å². The van der Waals surface area contributed by atoms with Crippen molar-refractivity contribution < 1.29 is 0 Å². The molecule has 0 bridgehead atoms. The van der Waals surface area contributed by atoms with Crippen molar-refractivity contribution in [2.24, 2.45) is 0 Å². The van der Waals surface area contributed by atoms with Crippen LogP contribution in [0.5, 0.6) is 0 Å². The van der Waals surface area contributed by atoms with E-state index >= 15 is 0 Å². The van der Waals surface area contributed by atoms with Gasteiger partial charge in [0.2, 0.25) is 0 Å². The molecule has 2 rings (SSSR count). The topological polar surface area (TPSA) is 0 Å². The Balaban J connectivity index is 0.000000492. The standard InChI is InChI=1S/C15H16.C3H8/c1-3-13-10-9-12(2)15(11-13)14-7-5-4-6-8-14;1-3-2/h4-11H,3H2,1-2H3;3H2,1-2H3. The summed E-state index contributed by atoms with van der Waals surface area (Å²) in [5.41, 5.74) is 5.41. The third-order valence-electron chi connectivity index (χ3n) is 2.80. The van der Waals surface area contributed by atoms with E-state index in [9.17, 15) is 0 Å². The monoisotopic (exact) mass is 240 g/mol. The van der Waals surface area contributed by atoms with Crippen molar-refractivity contribution in [2.75, 3.05) is 0 Å². The lowest BCUT2D eigenvalue weighted by molar-refractivity contribution is 1.09. The minimum absolute atomic E-state index is 1.10. The highest BCUT2D eigenvalue weighted by molar-refractivity contribution is 5.67. The molecule has 0 atom stereocenters. The summed E-state index contributed by atoms with van der Waals surface area (Å²) >= 11 is 0. The summed E-state index contributed by atoms with van der Waals surface area (Å²) in [4.78, 5) is 0. The maximum absolute atomic E-state index is 2.30. The van der Waals surface area contributed by atoms with Crippen LogP contribution in [0.15, 0.2) is 48.5 Å². The highest BCUT2D eigenvalue weighted by Gasteiger charge is 2.01. The third kappa shape index (κ3) is 4.03. The van der Waals surface area contributed by atoms with Gasteiger partial charge in [0.1, 0.15) is 0 Å². The number of rotatable bonds is 2. The first-order chi connectivity index (χ1) is 8.72. The van der Waals surface area contributed by atoms with Crippen LogP contribution in [0, 0.1) is 6.92 Å². The fourth-order valence-corrected chi connectivity index (χ4v) is 1.82. The first kappa shape index (κ1) is 14.5. The third-order valence-corrected chi connectivity index (χ3v) is 2.80. The zero-order valence-electron chi connectivity index (χ0n) is 12.0. The molecule has 0 fully saturated rings. The Hall–Kier alpha value is -1.56. The summed E-state index contributed by atoms with van der Waals surface area (Å²) < 4.78 is 0. The largest absolute Gasteiger partial charge is 0.0656 e. The van der Waals surface area contributed by atoms with Gasteiger partial charge in [-0.25, -0.2) is 0 Å². The molecule has 0 aromatic heterocycles. The van der Waals surface area contributed by atoms with Crippen LogP contribution < -0.4 is 0 Å². The Bertz CT molecular complexity index is 455.